The van der Waals surface area contributed by atoms with Crippen LogP contribution in [0.4, 0.5) is 4.39 Å². The summed E-state index contributed by atoms with van der Waals surface area (Å²) >= 11 is 0. The van der Waals surface area contributed by atoms with E-state index < -0.39 is 18.1 Å². The highest BCUT2D eigenvalue weighted by atomic mass is 19.1. The predicted molar refractivity (Wildman–Crippen MR) is 95.5 cm³/mol. The Morgan fingerprint density at radius 3 is 2.78 bits per heavy atom. The first kappa shape index (κ1) is 18.1. The molecule has 2 fully saturated rings. The van der Waals surface area contributed by atoms with Gasteiger partial charge in [-0.1, -0.05) is 12.1 Å². The normalized spacial score (nSPS) is 28.0. The topological polar surface area (TPSA) is 81.8 Å². The minimum absolute atomic E-state index is 0.172. The second-order valence-corrected chi connectivity index (χ2v) is 7.55. The van der Waals surface area contributed by atoms with Crippen molar-refractivity contribution < 1.29 is 18.8 Å². The standard InChI is InChI=1S/C19H23FN4O3/c1-23(16-8-21-7-14(16)20)9-11-2-3-12-10-24(19(27)13(12)6-11)15-4-5-17(25)22-18(15)26/h2-3,6,14-16,21H,4-5,7-10H2,1H3,(H,22,25,26). The molecule has 0 aromatic heterocycles. The van der Waals surface area contributed by atoms with Gasteiger partial charge in [-0.05, 0) is 30.7 Å². The van der Waals surface area contributed by atoms with Gasteiger partial charge in [-0.15, -0.1) is 0 Å². The van der Waals surface area contributed by atoms with Gasteiger partial charge in [0.25, 0.3) is 5.91 Å². The van der Waals surface area contributed by atoms with E-state index in [-0.39, 0.29) is 24.3 Å². The Bertz CT molecular complexity index is 799. The fourth-order valence-corrected chi connectivity index (χ4v) is 4.17. The summed E-state index contributed by atoms with van der Waals surface area (Å²) in [6.45, 7) is 1.91. The maximum absolute atomic E-state index is 13.9. The molecule has 2 saturated heterocycles. The van der Waals surface area contributed by atoms with Gasteiger partial charge in [0.1, 0.15) is 12.2 Å². The van der Waals surface area contributed by atoms with Crippen LogP contribution in [0.5, 0.6) is 0 Å². The molecule has 3 heterocycles. The molecule has 3 unspecified atom stereocenters. The molecule has 0 aliphatic carbocycles. The van der Waals surface area contributed by atoms with Gasteiger partial charge in [-0.25, -0.2) is 4.39 Å². The van der Waals surface area contributed by atoms with Crippen LogP contribution in [-0.2, 0) is 22.7 Å². The van der Waals surface area contributed by atoms with Crippen LogP contribution in [0.1, 0.15) is 34.3 Å². The van der Waals surface area contributed by atoms with Crippen molar-refractivity contribution in [2.24, 2.45) is 0 Å². The Balaban J connectivity index is 1.48. The highest BCUT2D eigenvalue weighted by Gasteiger charge is 2.39. The number of carbonyl (C=O) groups is 3. The predicted octanol–water partition coefficient (Wildman–Crippen LogP) is 0.189. The molecule has 2 N–H and O–H groups in total. The maximum Gasteiger partial charge on any atom is 0.255 e. The number of imide groups is 1. The zero-order chi connectivity index (χ0) is 19.1. The molecule has 1 aromatic carbocycles. The number of rotatable bonds is 4. The van der Waals surface area contributed by atoms with E-state index in [0.29, 0.717) is 38.2 Å². The second-order valence-electron chi connectivity index (χ2n) is 7.55. The van der Waals surface area contributed by atoms with Gasteiger partial charge in [-0.3, -0.25) is 24.6 Å². The first-order chi connectivity index (χ1) is 12.9. The number of likely N-dealkylation sites (N-methyl/N-ethyl adjacent to an activating group) is 1. The number of fused-ring (bicyclic) bond motifs is 1. The zero-order valence-electron chi connectivity index (χ0n) is 15.2. The number of nitrogens with one attached hydrogen (secondary N) is 2. The van der Waals surface area contributed by atoms with Crippen molar-refractivity contribution in [3.63, 3.8) is 0 Å². The van der Waals surface area contributed by atoms with Crippen LogP contribution in [0.25, 0.3) is 0 Å². The van der Waals surface area contributed by atoms with E-state index >= 15 is 0 Å². The Kier molecular flexibility index (Phi) is 4.69. The van der Waals surface area contributed by atoms with E-state index in [1.165, 1.54) is 0 Å². The monoisotopic (exact) mass is 374 g/mol. The van der Waals surface area contributed by atoms with Crippen LogP contribution in [0.3, 0.4) is 0 Å². The van der Waals surface area contributed by atoms with Gasteiger partial charge in [0.05, 0.1) is 6.04 Å². The molecule has 0 radical (unpaired) electrons. The molecule has 3 atom stereocenters. The average molecular weight is 374 g/mol. The summed E-state index contributed by atoms with van der Waals surface area (Å²) in [5.41, 5.74) is 2.41. The van der Waals surface area contributed by atoms with Crippen molar-refractivity contribution in [3.05, 3.63) is 34.9 Å². The second kappa shape index (κ2) is 7.01. The van der Waals surface area contributed by atoms with E-state index in [1.54, 1.807) is 4.90 Å². The van der Waals surface area contributed by atoms with Crippen molar-refractivity contribution in [3.8, 4) is 0 Å². The molecule has 3 aliphatic heterocycles. The summed E-state index contributed by atoms with van der Waals surface area (Å²) < 4.78 is 13.9. The van der Waals surface area contributed by atoms with Crippen molar-refractivity contribution in [2.75, 3.05) is 20.1 Å². The zero-order valence-corrected chi connectivity index (χ0v) is 15.2. The summed E-state index contributed by atoms with van der Waals surface area (Å²) in [6, 6.07) is 4.92. The van der Waals surface area contributed by atoms with Gasteiger partial charge in [0, 0.05) is 38.2 Å². The molecule has 3 aliphatic rings. The molecule has 3 amide bonds. The highest BCUT2D eigenvalue weighted by molar-refractivity contribution is 6.05. The van der Waals surface area contributed by atoms with Crippen LogP contribution in [0.15, 0.2) is 18.2 Å². The van der Waals surface area contributed by atoms with E-state index in [1.807, 2.05) is 30.1 Å². The number of amides is 3. The minimum atomic E-state index is -0.894. The number of nitrogens with zero attached hydrogens (tertiary/aromatic N) is 2. The Morgan fingerprint density at radius 1 is 1.26 bits per heavy atom. The van der Waals surface area contributed by atoms with Gasteiger partial charge >= 0.3 is 0 Å². The number of hydrogen-bond donors (Lipinski definition) is 2. The Morgan fingerprint density at radius 2 is 2.07 bits per heavy atom. The molecule has 0 bridgehead atoms. The van der Waals surface area contributed by atoms with Crippen LogP contribution >= 0.6 is 0 Å². The Labute approximate surface area is 156 Å². The van der Waals surface area contributed by atoms with Crippen molar-refractivity contribution in [1.29, 1.82) is 0 Å². The molecular formula is C19H23FN4O3. The van der Waals surface area contributed by atoms with Crippen LogP contribution in [-0.4, -0.2) is 65.9 Å². The quantitative estimate of drug-likeness (QED) is 0.736. The molecule has 144 valence electrons. The summed E-state index contributed by atoms with van der Waals surface area (Å²) in [6.07, 6.45) is -0.298. The first-order valence-electron chi connectivity index (χ1n) is 9.25. The fourth-order valence-electron chi connectivity index (χ4n) is 4.17. The van der Waals surface area contributed by atoms with E-state index in [2.05, 4.69) is 10.6 Å². The van der Waals surface area contributed by atoms with Gasteiger partial charge in [-0.2, -0.15) is 0 Å². The summed E-state index contributed by atoms with van der Waals surface area (Å²) in [7, 11) is 1.88. The number of hydrogen-bond acceptors (Lipinski definition) is 5. The largest absolute Gasteiger partial charge is 0.322 e. The third-order valence-electron chi connectivity index (χ3n) is 5.70. The third-order valence-corrected chi connectivity index (χ3v) is 5.70. The summed E-state index contributed by atoms with van der Waals surface area (Å²) in [4.78, 5) is 39.8. The molecule has 4 rings (SSSR count). The van der Waals surface area contributed by atoms with Gasteiger partial charge in [0.2, 0.25) is 11.8 Å². The van der Waals surface area contributed by atoms with Crippen molar-refractivity contribution in [1.82, 2.24) is 20.4 Å². The molecule has 1 aromatic rings. The molecule has 0 saturated carbocycles. The molecule has 8 heteroatoms. The molecular weight excluding hydrogens is 351 g/mol. The van der Waals surface area contributed by atoms with Crippen LogP contribution < -0.4 is 10.6 Å². The average Bonchev–Trinajstić information content (AvgIpc) is 3.19. The van der Waals surface area contributed by atoms with Gasteiger partial charge < -0.3 is 10.2 Å². The van der Waals surface area contributed by atoms with Crippen LogP contribution in [0, 0.1) is 0 Å². The number of benzene rings is 1. The highest BCUT2D eigenvalue weighted by Crippen LogP contribution is 2.28. The number of carbonyl (C=O) groups excluding carboxylic acids is 3. The summed E-state index contributed by atoms with van der Waals surface area (Å²) in [5.74, 6) is -0.886. The lowest BCUT2D eigenvalue weighted by atomic mass is 10.0. The minimum Gasteiger partial charge on any atom is -0.322 e. The van der Waals surface area contributed by atoms with E-state index in [4.69, 9.17) is 0 Å². The van der Waals surface area contributed by atoms with E-state index in [9.17, 15) is 18.8 Å². The summed E-state index contributed by atoms with van der Waals surface area (Å²) in [5, 5.41) is 5.35. The smallest absolute Gasteiger partial charge is 0.255 e. The number of halogens is 1. The number of piperidine rings is 1. The van der Waals surface area contributed by atoms with Gasteiger partial charge in [0.15, 0.2) is 0 Å². The van der Waals surface area contributed by atoms with Crippen molar-refractivity contribution in [2.45, 2.75) is 44.2 Å². The van der Waals surface area contributed by atoms with Crippen molar-refractivity contribution >= 4 is 17.7 Å². The lowest BCUT2D eigenvalue weighted by molar-refractivity contribution is -0.136. The molecule has 0 spiro atoms. The number of alkyl halides is 1. The SMILES string of the molecule is CN(Cc1ccc2c(c1)C(=O)N(C1CCC(=O)NC1=O)C2)C1CNCC1F. The lowest BCUT2D eigenvalue weighted by Crippen LogP contribution is -2.52. The third kappa shape index (κ3) is 3.35. The van der Waals surface area contributed by atoms with E-state index in [0.717, 1.165) is 11.1 Å². The molecule has 7 nitrogen and oxygen atoms in total. The molecule has 27 heavy (non-hydrogen) atoms. The Hall–Kier alpha value is -2.32. The lowest BCUT2D eigenvalue weighted by Gasteiger charge is -2.29. The van der Waals surface area contributed by atoms with Crippen LogP contribution in [0.2, 0.25) is 0 Å². The first-order valence-corrected chi connectivity index (χ1v) is 9.25. The maximum atomic E-state index is 13.9. The fraction of sp³-hybridized carbons (Fsp3) is 0.526.